The van der Waals surface area contributed by atoms with Crippen LogP contribution < -0.4 is 5.73 Å². The fourth-order valence-corrected chi connectivity index (χ4v) is 2.25. The van der Waals surface area contributed by atoms with Gasteiger partial charge in [0.05, 0.1) is 0 Å². The molecule has 1 unspecified atom stereocenters. The maximum absolute atomic E-state index is 10.6. The van der Waals surface area contributed by atoms with Gasteiger partial charge in [0.15, 0.2) is 0 Å². The molecule has 3 nitrogen and oxygen atoms in total. The van der Waals surface area contributed by atoms with Gasteiger partial charge in [0, 0.05) is 11.4 Å². The van der Waals surface area contributed by atoms with E-state index in [0.29, 0.717) is 6.42 Å². The van der Waals surface area contributed by atoms with E-state index in [9.17, 15) is 4.79 Å². The molecular formula is C11H12ClNO2. The first-order valence-electron chi connectivity index (χ1n) is 4.89. The van der Waals surface area contributed by atoms with Gasteiger partial charge in [-0.1, -0.05) is 23.7 Å². The zero-order chi connectivity index (χ0) is 10.8. The van der Waals surface area contributed by atoms with Gasteiger partial charge in [-0.15, -0.1) is 0 Å². The van der Waals surface area contributed by atoms with E-state index in [2.05, 4.69) is 6.07 Å². The Hall–Kier alpha value is -1.22. The smallest absolute Gasteiger partial charge is 0.404 e. The maximum Gasteiger partial charge on any atom is 0.404 e. The molecule has 4 heteroatoms. The zero-order valence-corrected chi connectivity index (χ0v) is 8.96. The van der Waals surface area contributed by atoms with Crippen LogP contribution in [0.5, 0.6) is 0 Å². The van der Waals surface area contributed by atoms with Crippen LogP contribution in [-0.4, -0.2) is 12.2 Å². The fraction of sp³-hybridized carbons (Fsp3) is 0.364. The number of carbonyl (C=O) groups excluding carboxylic acids is 1. The lowest BCUT2D eigenvalue weighted by Crippen LogP contribution is -2.28. The average Bonchev–Trinajstić information content (AvgIpc) is 2.18. The van der Waals surface area contributed by atoms with Crippen LogP contribution in [0.2, 0.25) is 5.02 Å². The maximum atomic E-state index is 10.6. The summed E-state index contributed by atoms with van der Waals surface area (Å²) < 4.78 is 4.98. The number of hydrogen-bond acceptors (Lipinski definition) is 2. The minimum Gasteiger partial charge on any atom is -0.446 e. The predicted octanol–water partition coefficient (Wildman–Crippen LogP) is 2.29. The Balaban J connectivity index is 2.18. The molecule has 0 aromatic heterocycles. The quantitative estimate of drug-likeness (QED) is 0.797. The van der Waals surface area contributed by atoms with Gasteiger partial charge in [0.2, 0.25) is 0 Å². The number of aryl methyl sites for hydroxylation is 1. The first-order valence-corrected chi connectivity index (χ1v) is 5.27. The minimum absolute atomic E-state index is 0.130. The number of hydrogen-bond donors (Lipinski definition) is 1. The number of benzene rings is 1. The molecule has 0 saturated carbocycles. The van der Waals surface area contributed by atoms with Crippen molar-refractivity contribution in [3.63, 3.8) is 0 Å². The molecule has 0 bridgehead atoms. The molecule has 1 atom stereocenters. The first kappa shape index (κ1) is 10.3. The molecule has 0 saturated heterocycles. The summed E-state index contributed by atoms with van der Waals surface area (Å²) in [5.74, 6) is 0. The van der Waals surface area contributed by atoms with Crippen molar-refractivity contribution in [2.24, 2.45) is 5.73 Å². The third-order valence-electron chi connectivity index (χ3n) is 2.67. The lowest BCUT2D eigenvalue weighted by Gasteiger charge is -2.24. The van der Waals surface area contributed by atoms with Gasteiger partial charge in [0.25, 0.3) is 0 Å². The summed E-state index contributed by atoms with van der Waals surface area (Å²) in [5.41, 5.74) is 7.31. The van der Waals surface area contributed by atoms with Gasteiger partial charge >= 0.3 is 6.09 Å². The normalized spacial score (nSPS) is 19.4. The number of primary amides is 1. The van der Waals surface area contributed by atoms with E-state index in [4.69, 9.17) is 22.1 Å². The molecule has 0 heterocycles. The largest absolute Gasteiger partial charge is 0.446 e. The van der Waals surface area contributed by atoms with E-state index in [1.807, 2.05) is 12.1 Å². The summed E-state index contributed by atoms with van der Waals surface area (Å²) in [7, 11) is 0. The summed E-state index contributed by atoms with van der Waals surface area (Å²) >= 11 is 6.07. The summed E-state index contributed by atoms with van der Waals surface area (Å²) in [6, 6.07) is 5.85. The standard InChI is InChI=1S/C11H12ClNO2/c12-10-3-1-2-7-4-5-8(6-9(7)10)15-11(13)14/h1-3,8H,4-6H2,(H2,13,14). The van der Waals surface area contributed by atoms with Crippen LogP contribution >= 0.6 is 11.6 Å². The van der Waals surface area contributed by atoms with Crippen LogP contribution in [0, 0.1) is 0 Å². The van der Waals surface area contributed by atoms with Gasteiger partial charge in [0.1, 0.15) is 6.10 Å². The highest BCUT2D eigenvalue weighted by Gasteiger charge is 2.22. The molecule has 1 aliphatic rings. The highest BCUT2D eigenvalue weighted by Crippen LogP contribution is 2.28. The molecule has 15 heavy (non-hydrogen) atoms. The molecule has 80 valence electrons. The zero-order valence-electron chi connectivity index (χ0n) is 8.20. The third kappa shape index (κ3) is 2.23. The first-order chi connectivity index (χ1) is 7.16. The Labute approximate surface area is 93.2 Å². The highest BCUT2D eigenvalue weighted by atomic mass is 35.5. The molecule has 0 spiro atoms. The van der Waals surface area contributed by atoms with E-state index in [-0.39, 0.29) is 6.10 Å². The predicted molar refractivity (Wildman–Crippen MR) is 57.9 cm³/mol. The SMILES string of the molecule is NC(=O)OC1CCc2cccc(Cl)c2C1. The van der Waals surface area contributed by atoms with Gasteiger partial charge in [-0.2, -0.15) is 0 Å². The Morgan fingerprint density at radius 3 is 3.07 bits per heavy atom. The van der Waals surface area contributed by atoms with Crippen molar-refractivity contribution in [3.05, 3.63) is 34.3 Å². The molecule has 2 N–H and O–H groups in total. The van der Waals surface area contributed by atoms with Crippen molar-refractivity contribution < 1.29 is 9.53 Å². The van der Waals surface area contributed by atoms with Crippen LogP contribution in [0.25, 0.3) is 0 Å². The van der Waals surface area contributed by atoms with Crippen LogP contribution in [0.4, 0.5) is 4.79 Å². The molecular weight excluding hydrogens is 214 g/mol. The van der Waals surface area contributed by atoms with Gasteiger partial charge in [-0.25, -0.2) is 4.79 Å². The molecule has 1 amide bonds. The van der Waals surface area contributed by atoms with Crippen LogP contribution in [0.1, 0.15) is 17.5 Å². The Bertz CT molecular complexity index is 392. The van der Waals surface area contributed by atoms with Crippen molar-refractivity contribution in [1.82, 2.24) is 0 Å². The summed E-state index contributed by atoms with van der Waals surface area (Å²) in [4.78, 5) is 10.6. The lowest BCUT2D eigenvalue weighted by molar-refractivity contribution is 0.0980. The second kappa shape index (κ2) is 4.11. The average molecular weight is 226 g/mol. The number of ether oxygens (including phenoxy) is 1. The lowest BCUT2D eigenvalue weighted by atomic mass is 9.90. The Kier molecular flexibility index (Phi) is 2.82. The summed E-state index contributed by atoms with van der Waals surface area (Å²) in [5, 5.41) is 0.741. The second-order valence-corrected chi connectivity index (χ2v) is 4.09. The molecule has 1 aliphatic carbocycles. The van der Waals surface area contributed by atoms with Crippen LogP contribution in [0.3, 0.4) is 0 Å². The van der Waals surface area contributed by atoms with Gasteiger partial charge < -0.3 is 10.5 Å². The summed E-state index contributed by atoms with van der Waals surface area (Å²) in [6.45, 7) is 0. The van der Waals surface area contributed by atoms with E-state index in [1.54, 1.807) is 0 Å². The van der Waals surface area contributed by atoms with Crippen LogP contribution in [0.15, 0.2) is 18.2 Å². The van der Waals surface area contributed by atoms with Gasteiger partial charge in [-0.05, 0) is 30.0 Å². The van der Waals surface area contributed by atoms with E-state index < -0.39 is 6.09 Å². The number of amides is 1. The van der Waals surface area contributed by atoms with Crippen molar-refractivity contribution in [3.8, 4) is 0 Å². The van der Waals surface area contributed by atoms with E-state index >= 15 is 0 Å². The van der Waals surface area contributed by atoms with Crippen molar-refractivity contribution in [2.75, 3.05) is 0 Å². The highest BCUT2D eigenvalue weighted by molar-refractivity contribution is 6.31. The van der Waals surface area contributed by atoms with Gasteiger partial charge in [-0.3, -0.25) is 0 Å². The molecule has 0 radical (unpaired) electrons. The van der Waals surface area contributed by atoms with Crippen LogP contribution in [-0.2, 0) is 17.6 Å². The Morgan fingerprint density at radius 1 is 1.53 bits per heavy atom. The number of nitrogens with two attached hydrogens (primary N) is 1. The monoisotopic (exact) mass is 225 g/mol. The number of halogens is 1. The summed E-state index contributed by atoms with van der Waals surface area (Å²) in [6.07, 6.45) is 1.52. The minimum atomic E-state index is -0.712. The number of rotatable bonds is 1. The number of carbonyl (C=O) groups is 1. The van der Waals surface area contributed by atoms with Crippen molar-refractivity contribution in [2.45, 2.75) is 25.4 Å². The topological polar surface area (TPSA) is 52.3 Å². The Morgan fingerprint density at radius 2 is 2.33 bits per heavy atom. The van der Waals surface area contributed by atoms with E-state index in [1.165, 1.54) is 5.56 Å². The molecule has 1 aromatic rings. The van der Waals surface area contributed by atoms with Crippen molar-refractivity contribution in [1.29, 1.82) is 0 Å². The van der Waals surface area contributed by atoms with Crippen molar-refractivity contribution >= 4 is 17.7 Å². The fourth-order valence-electron chi connectivity index (χ4n) is 1.98. The molecule has 2 rings (SSSR count). The molecule has 0 aliphatic heterocycles. The van der Waals surface area contributed by atoms with E-state index in [0.717, 1.165) is 23.4 Å². The molecule has 0 fully saturated rings. The third-order valence-corrected chi connectivity index (χ3v) is 3.02. The number of fused-ring (bicyclic) bond motifs is 1. The second-order valence-electron chi connectivity index (χ2n) is 3.68. The molecule has 1 aromatic carbocycles.